The van der Waals surface area contributed by atoms with Gasteiger partial charge in [0, 0.05) is 31.0 Å². The van der Waals surface area contributed by atoms with E-state index in [1.165, 1.54) is 16.7 Å². The summed E-state index contributed by atoms with van der Waals surface area (Å²) in [6.07, 6.45) is 3.69. The van der Waals surface area contributed by atoms with Crippen LogP contribution in [-0.4, -0.2) is 22.5 Å². The molecule has 2 rings (SSSR count). The number of hydrogen-bond donors (Lipinski definition) is 1. The molecule has 0 aliphatic heterocycles. The van der Waals surface area contributed by atoms with Crippen LogP contribution in [0.1, 0.15) is 36.6 Å². The van der Waals surface area contributed by atoms with E-state index in [9.17, 15) is 0 Å². The molecule has 1 aromatic carbocycles. The highest BCUT2D eigenvalue weighted by atomic mass is 15.2. The summed E-state index contributed by atoms with van der Waals surface area (Å²) in [6.45, 7) is 8.23. The summed E-state index contributed by atoms with van der Waals surface area (Å²) in [5, 5.41) is 0. The molecule has 0 aliphatic carbocycles. The maximum Gasteiger partial charge on any atom is 0.0499 e. The molecule has 1 heterocycles. The average Bonchev–Trinajstić information content (AvgIpc) is 2.49. The van der Waals surface area contributed by atoms with Gasteiger partial charge < -0.3 is 5.73 Å². The van der Waals surface area contributed by atoms with Gasteiger partial charge in [-0.05, 0) is 43.7 Å². The predicted octanol–water partition coefficient (Wildman–Crippen LogP) is 3.30. The predicted molar refractivity (Wildman–Crippen MR) is 87.9 cm³/mol. The van der Waals surface area contributed by atoms with E-state index in [2.05, 4.69) is 67.1 Å². The Balaban J connectivity index is 2.24. The van der Waals surface area contributed by atoms with Crippen LogP contribution in [0.25, 0.3) is 0 Å². The highest BCUT2D eigenvalue weighted by molar-refractivity contribution is 5.25. The van der Waals surface area contributed by atoms with Crippen molar-refractivity contribution in [1.29, 1.82) is 0 Å². The number of benzene rings is 1. The van der Waals surface area contributed by atoms with Gasteiger partial charge in [0.2, 0.25) is 0 Å². The number of likely N-dealkylation sites (N-methyl/N-ethyl adjacent to an activating group) is 1. The van der Waals surface area contributed by atoms with Crippen molar-refractivity contribution in [2.45, 2.75) is 39.4 Å². The average molecular weight is 283 g/mol. The van der Waals surface area contributed by atoms with Crippen molar-refractivity contribution in [3.8, 4) is 0 Å². The molecule has 2 N–H and O–H groups in total. The molecule has 0 aliphatic rings. The fourth-order valence-corrected chi connectivity index (χ4v) is 2.74. The Bertz CT molecular complexity index is 534. The molecular weight excluding hydrogens is 258 g/mol. The third-order valence-corrected chi connectivity index (χ3v) is 3.85. The molecule has 0 saturated heterocycles. The van der Waals surface area contributed by atoms with Gasteiger partial charge in [0.15, 0.2) is 0 Å². The third kappa shape index (κ3) is 4.13. The lowest BCUT2D eigenvalue weighted by Crippen LogP contribution is -2.39. The Morgan fingerprint density at radius 2 is 1.71 bits per heavy atom. The summed E-state index contributed by atoms with van der Waals surface area (Å²) in [4.78, 5) is 6.50. The van der Waals surface area contributed by atoms with E-state index < -0.39 is 0 Å². The SMILES string of the molecule is CCN(Cc1ccncc1)C(c1ccc(C)cc1)C(C)N. The van der Waals surface area contributed by atoms with Gasteiger partial charge in [0.1, 0.15) is 0 Å². The molecule has 0 saturated carbocycles. The lowest BCUT2D eigenvalue weighted by molar-refractivity contribution is 0.177. The van der Waals surface area contributed by atoms with Crippen LogP contribution in [0.3, 0.4) is 0 Å². The van der Waals surface area contributed by atoms with Crippen LogP contribution in [0.15, 0.2) is 48.8 Å². The largest absolute Gasteiger partial charge is 0.326 e. The van der Waals surface area contributed by atoms with Crippen molar-refractivity contribution in [3.05, 3.63) is 65.5 Å². The second-order valence-corrected chi connectivity index (χ2v) is 5.63. The molecule has 112 valence electrons. The second kappa shape index (κ2) is 7.34. The first-order valence-corrected chi connectivity index (χ1v) is 7.57. The summed E-state index contributed by atoms with van der Waals surface area (Å²) in [7, 11) is 0. The van der Waals surface area contributed by atoms with Crippen molar-refractivity contribution >= 4 is 0 Å². The number of nitrogens with two attached hydrogens (primary N) is 1. The Morgan fingerprint density at radius 3 is 2.24 bits per heavy atom. The minimum absolute atomic E-state index is 0.0782. The molecule has 0 radical (unpaired) electrons. The molecular formula is C18H25N3. The molecule has 3 heteroatoms. The van der Waals surface area contributed by atoms with E-state index in [1.54, 1.807) is 0 Å². The van der Waals surface area contributed by atoms with Gasteiger partial charge in [-0.1, -0.05) is 36.8 Å². The van der Waals surface area contributed by atoms with Gasteiger partial charge in [-0.2, -0.15) is 0 Å². The van der Waals surface area contributed by atoms with Gasteiger partial charge in [-0.3, -0.25) is 9.88 Å². The lowest BCUT2D eigenvalue weighted by atomic mass is 9.97. The smallest absolute Gasteiger partial charge is 0.0499 e. The van der Waals surface area contributed by atoms with E-state index in [1.807, 2.05) is 12.4 Å². The number of aryl methyl sites for hydroxylation is 1. The van der Waals surface area contributed by atoms with Crippen molar-refractivity contribution in [2.24, 2.45) is 5.73 Å². The van der Waals surface area contributed by atoms with Crippen molar-refractivity contribution in [2.75, 3.05) is 6.54 Å². The number of hydrogen-bond acceptors (Lipinski definition) is 3. The molecule has 1 aromatic heterocycles. The van der Waals surface area contributed by atoms with Crippen molar-refractivity contribution < 1.29 is 0 Å². The summed E-state index contributed by atoms with van der Waals surface area (Å²) in [6, 6.07) is 13.1. The van der Waals surface area contributed by atoms with Gasteiger partial charge in [0.25, 0.3) is 0 Å². The van der Waals surface area contributed by atoms with E-state index in [-0.39, 0.29) is 12.1 Å². The maximum atomic E-state index is 6.28. The first-order chi connectivity index (χ1) is 10.1. The molecule has 0 fully saturated rings. The Labute approximate surface area is 127 Å². The summed E-state index contributed by atoms with van der Waals surface area (Å²) < 4.78 is 0. The Hall–Kier alpha value is -1.71. The van der Waals surface area contributed by atoms with Crippen LogP contribution in [0, 0.1) is 6.92 Å². The van der Waals surface area contributed by atoms with Crippen LogP contribution in [0.5, 0.6) is 0 Å². The zero-order chi connectivity index (χ0) is 15.2. The van der Waals surface area contributed by atoms with E-state index in [4.69, 9.17) is 5.73 Å². The van der Waals surface area contributed by atoms with Gasteiger partial charge in [-0.15, -0.1) is 0 Å². The fraction of sp³-hybridized carbons (Fsp3) is 0.389. The number of nitrogens with zero attached hydrogens (tertiary/aromatic N) is 2. The summed E-state index contributed by atoms with van der Waals surface area (Å²) in [5.41, 5.74) is 10.1. The van der Waals surface area contributed by atoms with E-state index >= 15 is 0 Å². The van der Waals surface area contributed by atoms with Crippen LogP contribution in [0.2, 0.25) is 0 Å². The summed E-state index contributed by atoms with van der Waals surface area (Å²) in [5.74, 6) is 0. The maximum absolute atomic E-state index is 6.28. The fourth-order valence-electron chi connectivity index (χ4n) is 2.74. The first-order valence-electron chi connectivity index (χ1n) is 7.57. The normalized spacial score (nSPS) is 14.1. The van der Waals surface area contributed by atoms with Crippen molar-refractivity contribution in [3.63, 3.8) is 0 Å². The molecule has 3 nitrogen and oxygen atoms in total. The lowest BCUT2D eigenvalue weighted by Gasteiger charge is -2.34. The quantitative estimate of drug-likeness (QED) is 0.884. The van der Waals surface area contributed by atoms with E-state index in [0.29, 0.717) is 0 Å². The monoisotopic (exact) mass is 283 g/mol. The standard InChI is InChI=1S/C18H25N3/c1-4-21(13-16-9-11-20-12-10-16)18(15(3)19)17-7-5-14(2)6-8-17/h5-12,15,18H,4,13,19H2,1-3H3. The Kier molecular flexibility index (Phi) is 5.48. The number of pyridine rings is 1. The molecule has 0 amide bonds. The highest BCUT2D eigenvalue weighted by Gasteiger charge is 2.23. The van der Waals surface area contributed by atoms with Gasteiger partial charge in [-0.25, -0.2) is 0 Å². The highest BCUT2D eigenvalue weighted by Crippen LogP contribution is 2.25. The Morgan fingerprint density at radius 1 is 1.10 bits per heavy atom. The number of aromatic nitrogens is 1. The van der Waals surface area contributed by atoms with Crippen LogP contribution in [0.4, 0.5) is 0 Å². The number of rotatable bonds is 6. The zero-order valence-corrected chi connectivity index (χ0v) is 13.2. The minimum Gasteiger partial charge on any atom is -0.326 e. The van der Waals surface area contributed by atoms with Gasteiger partial charge >= 0.3 is 0 Å². The topological polar surface area (TPSA) is 42.2 Å². The molecule has 2 unspecified atom stereocenters. The van der Waals surface area contributed by atoms with Crippen LogP contribution < -0.4 is 5.73 Å². The van der Waals surface area contributed by atoms with Crippen molar-refractivity contribution in [1.82, 2.24) is 9.88 Å². The van der Waals surface area contributed by atoms with Crippen LogP contribution in [-0.2, 0) is 6.54 Å². The first kappa shape index (κ1) is 15.7. The molecule has 21 heavy (non-hydrogen) atoms. The molecule has 0 spiro atoms. The zero-order valence-electron chi connectivity index (χ0n) is 13.2. The second-order valence-electron chi connectivity index (χ2n) is 5.63. The van der Waals surface area contributed by atoms with Gasteiger partial charge in [0.05, 0.1) is 0 Å². The molecule has 0 bridgehead atoms. The molecule has 2 aromatic rings. The molecule has 2 atom stereocenters. The van der Waals surface area contributed by atoms with E-state index in [0.717, 1.165) is 13.1 Å². The summed E-state index contributed by atoms with van der Waals surface area (Å²) >= 11 is 0. The van der Waals surface area contributed by atoms with Crippen LogP contribution >= 0.6 is 0 Å². The third-order valence-electron chi connectivity index (χ3n) is 3.85. The minimum atomic E-state index is 0.0782.